The molecule has 0 aromatic rings. The van der Waals surface area contributed by atoms with Gasteiger partial charge < -0.3 is 15.3 Å². The van der Waals surface area contributed by atoms with Crippen molar-refractivity contribution in [3.05, 3.63) is 0 Å². The summed E-state index contributed by atoms with van der Waals surface area (Å²) in [6, 6.07) is -0.691. The molecule has 2 saturated heterocycles. The van der Waals surface area contributed by atoms with Gasteiger partial charge in [0, 0.05) is 19.5 Å². The number of rotatable bonds is 2. The molecule has 2 rings (SSSR count). The topological polar surface area (TPSA) is 86.7 Å². The third-order valence-electron chi connectivity index (χ3n) is 3.69. The Labute approximate surface area is 105 Å². The zero-order chi connectivity index (χ0) is 13.1. The molecule has 0 spiro atoms. The lowest BCUT2D eigenvalue weighted by molar-refractivity contribution is -0.154. The van der Waals surface area contributed by atoms with E-state index < -0.39 is 12.0 Å². The van der Waals surface area contributed by atoms with Crippen molar-refractivity contribution in [1.82, 2.24) is 10.2 Å². The molecule has 2 N–H and O–H groups in total. The second-order valence-electron chi connectivity index (χ2n) is 4.92. The third kappa shape index (κ3) is 2.63. The van der Waals surface area contributed by atoms with Crippen molar-refractivity contribution >= 4 is 17.8 Å². The quantitative estimate of drug-likeness (QED) is 0.725. The number of nitrogens with one attached hydrogen (secondary N) is 1. The molecule has 2 atom stereocenters. The first kappa shape index (κ1) is 12.9. The molecule has 0 aromatic carbocycles. The van der Waals surface area contributed by atoms with Gasteiger partial charge in [-0.2, -0.15) is 0 Å². The highest BCUT2D eigenvalue weighted by molar-refractivity contribution is 5.87. The predicted octanol–water partition coefficient (Wildman–Crippen LogP) is -0.0217. The maximum absolute atomic E-state index is 12.3. The average Bonchev–Trinajstić information content (AvgIpc) is 2.39. The molecule has 2 heterocycles. The number of likely N-dealkylation sites (tertiary alicyclic amines) is 1. The molecule has 6 nitrogen and oxygen atoms in total. The van der Waals surface area contributed by atoms with Gasteiger partial charge in [-0.05, 0) is 25.7 Å². The number of nitrogens with zero attached hydrogens (tertiary/aromatic N) is 1. The fourth-order valence-corrected chi connectivity index (χ4v) is 2.63. The van der Waals surface area contributed by atoms with Crippen molar-refractivity contribution in [3.8, 4) is 0 Å². The molecule has 6 heteroatoms. The van der Waals surface area contributed by atoms with Crippen molar-refractivity contribution in [3.63, 3.8) is 0 Å². The first-order chi connectivity index (χ1) is 8.59. The van der Waals surface area contributed by atoms with Crippen LogP contribution in [0.4, 0.5) is 0 Å². The van der Waals surface area contributed by atoms with Gasteiger partial charge in [-0.25, -0.2) is 4.79 Å². The van der Waals surface area contributed by atoms with Crippen LogP contribution in [-0.2, 0) is 14.4 Å². The van der Waals surface area contributed by atoms with E-state index in [2.05, 4.69) is 5.32 Å². The third-order valence-corrected chi connectivity index (χ3v) is 3.69. The Balaban J connectivity index is 2.02. The maximum atomic E-state index is 12.3. The summed E-state index contributed by atoms with van der Waals surface area (Å²) in [5, 5.41) is 11.8. The summed E-state index contributed by atoms with van der Waals surface area (Å²) in [5.74, 6) is -1.35. The summed E-state index contributed by atoms with van der Waals surface area (Å²) in [4.78, 5) is 36.0. The summed E-state index contributed by atoms with van der Waals surface area (Å²) in [6.45, 7) is 0.848. The molecule has 18 heavy (non-hydrogen) atoms. The number of carboxylic acids is 1. The van der Waals surface area contributed by atoms with Crippen LogP contribution in [0.15, 0.2) is 0 Å². The van der Waals surface area contributed by atoms with Gasteiger partial charge in [0.05, 0.1) is 5.92 Å². The summed E-state index contributed by atoms with van der Waals surface area (Å²) < 4.78 is 0. The second-order valence-corrected chi connectivity index (χ2v) is 4.92. The highest BCUT2D eigenvalue weighted by Gasteiger charge is 2.36. The second kappa shape index (κ2) is 5.37. The van der Waals surface area contributed by atoms with E-state index in [0.29, 0.717) is 32.4 Å². The minimum atomic E-state index is -0.928. The highest BCUT2D eigenvalue weighted by atomic mass is 16.4. The van der Waals surface area contributed by atoms with E-state index in [-0.39, 0.29) is 17.7 Å². The van der Waals surface area contributed by atoms with Gasteiger partial charge in [-0.1, -0.05) is 0 Å². The smallest absolute Gasteiger partial charge is 0.326 e. The minimum absolute atomic E-state index is 0.0347. The molecule has 2 aliphatic heterocycles. The van der Waals surface area contributed by atoms with Crippen LogP contribution in [0.1, 0.15) is 32.1 Å². The zero-order valence-electron chi connectivity index (χ0n) is 10.2. The van der Waals surface area contributed by atoms with E-state index in [1.54, 1.807) is 0 Å². The Kier molecular flexibility index (Phi) is 3.84. The number of amides is 2. The van der Waals surface area contributed by atoms with Gasteiger partial charge in [0.25, 0.3) is 0 Å². The number of aliphatic carboxylic acids is 1. The lowest BCUT2D eigenvalue weighted by Crippen LogP contribution is -2.52. The fourth-order valence-electron chi connectivity index (χ4n) is 2.63. The van der Waals surface area contributed by atoms with Crippen molar-refractivity contribution in [2.75, 3.05) is 13.1 Å². The van der Waals surface area contributed by atoms with Crippen LogP contribution >= 0.6 is 0 Å². The van der Waals surface area contributed by atoms with E-state index in [9.17, 15) is 14.4 Å². The summed E-state index contributed by atoms with van der Waals surface area (Å²) in [5.41, 5.74) is 0. The number of carbonyl (C=O) groups is 3. The summed E-state index contributed by atoms with van der Waals surface area (Å²) in [6.07, 6.45) is 3.10. The van der Waals surface area contributed by atoms with Gasteiger partial charge in [-0.3, -0.25) is 9.59 Å². The van der Waals surface area contributed by atoms with Crippen molar-refractivity contribution < 1.29 is 19.5 Å². The molecule has 0 radical (unpaired) electrons. The van der Waals surface area contributed by atoms with Crippen LogP contribution in [0, 0.1) is 5.92 Å². The molecule has 2 unspecified atom stereocenters. The Morgan fingerprint density at radius 2 is 2.06 bits per heavy atom. The van der Waals surface area contributed by atoms with Crippen molar-refractivity contribution in [2.45, 2.75) is 38.1 Å². The van der Waals surface area contributed by atoms with Gasteiger partial charge in [0.2, 0.25) is 11.8 Å². The number of piperidine rings is 2. The van der Waals surface area contributed by atoms with Crippen LogP contribution in [0.25, 0.3) is 0 Å². The molecular weight excluding hydrogens is 236 g/mol. The maximum Gasteiger partial charge on any atom is 0.326 e. The van der Waals surface area contributed by atoms with Crippen molar-refractivity contribution in [2.24, 2.45) is 5.92 Å². The molecule has 0 aliphatic carbocycles. The molecule has 2 aliphatic rings. The largest absolute Gasteiger partial charge is 0.480 e. The van der Waals surface area contributed by atoms with Crippen LogP contribution in [0.2, 0.25) is 0 Å². The normalized spacial score (nSPS) is 28.7. The van der Waals surface area contributed by atoms with Crippen LogP contribution in [-0.4, -0.2) is 46.9 Å². The molecule has 0 aromatic heterocycles. The van der Waals surface area contributed by atoms with Crippen LogP contribution in [0.3, 0.4) is 0 Å². The van der Waals surface area contributed by atoms with Gasteiger partial charge in [0.1, 0.15) is 6.04 Å². The van der Waals surface area contributed by atoms with E-state index in [1.165, 1.54) is 4.90 Å². The Morgan fingerprint density at radius 3 is 2.67 bits per heavy atom. The summed E-state index contributed by atoms with van der Waals surface area (Å²) in [7, 11) is 0. The zero-order valence-corrected chi connectivity index (χ0v) is 10.2. The lowest BCUT2D eigenvalue weighted by atomic mass is 9.94. The Hall–Kier alpha value is -1.59. The predicted molar refractivity (Wildman–Crippen MR) is 62.7 cm³/mol. The number of carbonyl (C=O) groups excluding carboxylic acids is 2. The number of hydrogen-bond acceptors (Lipinski definition) is 3. The molecule has 100 valence electrons. The number of carboxylic acid groups (broad SMARTS) is 1. The minimum Gasteiger partial charge on any atom is -0.480 e. The first-order valence-electron chi connectivity index (χ1n) is 6.39. The lowest BCUT2D eigenvalue weighted by Gasteiger charge is -2.36. The first-order valence-corrected chi connectivity index (χ1v) is 6.39. The summed E-state index contributed by atoms with van der Waals surface area (Å²) >= 11 is 0. The number of hydrogen-bond donors (Lipinski definition) is 2. The Morgan fingerprint density at radius 1 is 1.28 bits per heavy atom. The highest BCUT2D eigenvalue weighted by Crippen LogP contribution is 2.22. The van der Waals surface area contributed by atoms with E-state index in [4.69, 9.17) is 5.11 Å². The standard InChI is InChI=1S/C12H18N2O4/c15-10-5-4-8(7-13-10)11(16)14-6-2-1-3-9(14)12(17)18/h8-9H,1-7H2,(H,13,15)(H,17,18). The van der Waals surface area contributed by atoms with Crippen molar-refractivity contribution in [1.29, 1.82) is 0 Å². The molecule has 0 saturated carbocycles. The van der Waals surface area contributed by atoms with Crippen LogP contribution in [0.5, 0.6) is 0 Å². The molecule has 2 fully saturated rings. The van der Waals surface area contributed by atoms with Gasteiger partial charge in [0.15, 0.2) is 0 Å². The van der Waals surface area contributed by atoms with E-state index >= 15 is 0 Å². The molecular formula is C12H18N2O4. The average molecular weight is 254 g/mol. The SMILES string of the molecule is O=C1CCC(C(=O)N2CCCCC2C(=O)O)CN1. The van der Waals surface area contributed by atoms with Gasteiger partial charge in [-0.15, -0.1) is 0 Å². The van der Waals surface area contributed by atoms with Gasteiger partial charge >= 0.3 is 5.97 Å². The van der Waals surface area contributed by atoms with E-state index in [1.807, 2.05) is 0 Å². The monoisotopic (exact) mass is 254 g/mol. The fraction of sp³-hybridized carbons (Fsp3) is 0.750. The van der Waals surface area contributed by atoms with E-state index in [0.717, 1.165) is 12.8 Å². The molecule has 0 bridgehead atoms. The Bertz CT molecular complexity index is 359. The molecule has 2 amide bonds. The van der Waals surface area contributed by atoms with Crippen LogP contribution < -0.4 is 5.32 Å².